The number of carbonyl (C=O) groups is 2. The highest BCUT2D eigenvalue weighted by molar-refractivity contribution is 5.87. The Morgan fingerprint density at radius 1 is 1.27 bits per heavy atom. The highest BCUT2D eigenvalue weighted by Gasteiger charge is 2.18. The lowest BCUT2D eigenvalue weighted by Gasteiger charge is -2.16. The standard InChI is InChI=1S/C17H20N2O3/c1-13(20)7-6-10-22-17(21)16-11-18-12-19(16)14(2)15-8-4-3-5-9-15/h3-5,8-9,11-12,14H,6-7,10H2,1-2H3/t14-/m1/s1. The van der Waals surface area contributed by atoms with Crippen molar-refractivity contribution in [1.29, 1.82) is 0 Å². The molecule has 0 spiro atoms. The Morgan fingerprint density at radius 2 is 2.00 bits per heavy atom. The van der Waals surface area contributed by atoms with E-state index in [-0.39, 0.29) is 18.4 Å². The van der Waals surface area contributed by atoms with Gasteiger partial charge in [-0.2, -0.15) is 0 Å². The smallest absolute Gasteiger partial charge is 0.356 e. The Bertz CT molecular complexity index is 634. The molecule has 0 saturated heterocycles. The molecule has 0 N–H and O–H groups in total. The molecule has 0 amide bonds. The molecule has 0 aliphatic carbocycles. The second kappa shape index (κ2) is 7.54. The van der Waals surface area contributed by atoms with Gasteiger partial charge >= 0.3 is 5.97 Å². The molecule has 0 unspecified atom stereocenters. The predicted molar refractivity (Wildman–Crippen MR) is 82.7 cm³/mol. The van der Waals surface area contributed by atoms with Crippen LogP contribution < -0.4 is 0 Å². The van der Waals surface area contributed by atoms with Gasteiger partial charge in [0.05, 0.1) is 25.2 Å². The van der Waals surface area contributed by atoms with Crippen molar-refractivity contribution in [1.82, 2.24) is 9.55 Å². The second-order valence-corrected chi connectivity index (χ2v) is 5.21. The van der Waals surface area contributed by atoms with Gasteiger partial charge < -0.3 is 14.1 Å². The molecule has 2 rings (SSSR count). The summed E-state index contributed by atoms with van der Waals surface area (Å²) in [6.07, 6.45) is 4.10. The van der Waals surface area contributed by atoms with Gasteiger partial charge in [0, 0.05) is 6.42 Å². The van der Waals surface area contributed by atoms with Crippen LogP contribution >= 0.6 is 0 Å². The van der Waals surface area contributed by atoms with Gasteiger partial charge in [0.1, 0.15) is 11.5 Å². The number of hydrogen-bond acceptors (Lipinski definition) is 4. The van der Waals surface area contributed by atoms with Crippen LogP contribution in [0.2, 0.25) is 0 Å². The fourth-order valence-electron chi connectivity index (χ4n) is 2.22. The minimum absolute atomic E-state index is 0.0107. The number of rotatable bonds is 7. The van der Waals surface area contributed by atoms with Crippen LogP contribution in [0.25, 0.3) is 0 Å². The number of hydrogen-bond donors (Lipinski definition) is 0. The highest BCUT2D eigenvalue weighted by atomic mass is 16.5. The van der Waals surface area contributed by atoms with Gasteiger partial charge in [-0.15, -0.1) is 0 Å². The fourth-order valence-corrected chi connectivity index (χ4v) is 2.22. The molecular weight excluding hydrogens is 280 g/mol. The molecule has 2 aromatic rings. The first-order valence-corrected chi connectivity index (χ1v) is 7.33. The van der Waals surface area contributed by atoms with Crippen LogP contribution in [0.3, 0.4) is 0 Å². The normalized spacial score (nSPS) is 11.9. The minimum atomic E-state index is -0.413. The Hall–Kier alpha value is -2.43. The monoisotopic (exact) mass is 300 g/mol. The van der Waals surface area contributed by atoms with E-state index in [1.165, 1.54) is 13.1 Å². The number of esters is 1. The summed E-state index contributed by atoms with van der Waals surface area (Å²) in [5.74, 6) is -0.317. The molecular formula is C17H20N2O3. The summed E-state index contributed by atoms with van der Waals surface area (Å²) in [4.78, 5) is 27.1. The molecule has 0 radical (unpaired) electrons. The fraction of sp³-hybridized carbons (Fsp3) is 0.353. The molecule has 0 bridgehead atoms. The second-order valence-electron chi connectivity index (χ2n) is 5.21. The number of nitrogens with zero attached hydrogens (tertiary/aromatic N) is 2. The molecule has 0 saturated carbocycles. The number of ether oxygens (including phenoxy) is 1. The van der Waals surface area contributed by atoms with Gasteiger partial charge in [-0.3, -0.25) is 0 Å². The number of benzene rings is 1. The molecule has 5 nitrogen and oxygen atoms in total. The third kappa shape index (κ3) is 4.04. The molecule has 22 heavy (non-hydrogen) atoms. The summed E-state index contributed by atoms with van der Waals surface area (Å²) < 4.78 is 7.01. The van der Waals surface area contributed by atoms with E-state index in [1.54, 1.807) is 10.9 Å². The van der Waals surface area contributed by atoms with Crippen molar-refractivity contribution in [3.63, 3.8) is 0 Å². The zero-order valence-corrected chi connectivity index (χ0v) is 12.9. The average molecular weight is 300 g/mol. The van der Waals surface area contributed by atoms with Crippen LogP contribution in [-0.4, -0.2) is 27.9 Å². The molecule has 1 heterocycles. The number of carbonyl (C=O) groups excluding carboxylic acids is 2. The number of aromatic nitrogens is 2. The SMILES string of the molecule is CC(=O)CCCOC(=O)c1cncn1[C@H](C)c1ccccc1. The molecule has 0 fully saturated rings. The van der Waals surface area contributed by atoms with Gasteiger partial charge in [0.15, 0.2) is 0 Å². The molecule has 1 aromatic heterocycles. The van der Waals surface area contributed by atoms with Crippen molar-refractivity contribution in [2.75, 3.05) is 6.61 Å². The Labute approximate surface area is 129 Å². The molecule has 0 aliphatic rings. The number of imidazole rings is 1. The summed E-state index contributed by atoms with van der Waals surface area (Å²) in [5, 5.41) is 0. The minimum Gasteiger partial charge on any atom is -0.461 e. The summed E-state index contributed by atoms with van der Waals surface area (Å²) in [5.41, 5.74) is 1.50. The maximum atomic E-state index is 12.1. The molecule has 1 aromatic carbocycles. The molecule has 1 atom stereocenters. The van der Waals surface area contributed by atoms with Crippen LogP contribution in [0, 0.1) is 0 Å². The zero-order chi connectivity index (χ0) is 15.9. The van der Waals surface area contributed by atoms with Crippen LogP contribution in [0.4, 0.5) is 0 Å². The van der Waals surface area contributed by atoms with E-state index in [2.05, 4.69) is 4.98 Å². The van der Waals surface area contributed by atoms with Crippen molar-refractivity contribution in [2.24, 2.45) is 0 Å². The van der Waals surface area contributed by atoms with Gasteiger partial charge in [0.25, 0.3) is 0 Å². The Kier molecular flexibility index (Phi) is 5.47. The van der Waals surface area contributed by atoms with E-state index in [1.807, 2.05) is 37.3 Å². The van der Waals surface area contributed by atoms with Crippen molar-refractivity contribution in [3.05, 3.63) is 54.1 Å². The van der Waals surface area contributed by atoms with Gasteiger partial charge in [-0.25, -0.2) is 9.78 Å². The highest BCUT2D eigenvalue weighted by Crippen LogP contribution is 2.19. The zero-order valence-electron chi connectivity index (χ0n) is 12.9. The topological polar surface area (TPSA) is 61.2 Å². The van der Waals surface area contributed by atoms with Gasteiger partial charge in [-0.05, 0) is 25.8 Å². The largest absolute Gasteiger partial charge is 0.461 e. The molecule has 116 valence electrons. The lowest BCUT2D eigenvalue weighted by atomic mass is 10.1. The first-order chi connectivity index (χ1) is 10.6. The Morgan fingerprint density at radius 3 is 2.68 bits per heavy atom. The van der Waals surface area contributed by atoms with E-state index in [0.717, 1.165) is 5.56 Å². The third-order valence-electron chi connectivity index (χ3n) is 3.48. The van der Waals surface area contributed by atoms with E-state index in [9.17, 15) is 9.59 Å². The van der Waals surface area contributed by atoms with Crippen molar-refractivity contribution in [2.45, 2.75) is 32.7 Å². The van der Waals surface area contributed by atoms with E-state index < -0.39 is 5.97 Å². The number of Topliss-reactive ketones (excluding diaryl/α,β-unsaturated/α-hetero) is 1. The van der Waals surface area contributed by atoms with Crippen LogP contribution in [0.1, 0.15) is 48.8 Å². The van der Waals surface area contributed by atoms with Crippen molar-refractivity contribution < 1.29 is 14.3 Å². The van der Waals surface area contributed by atoms with Gasteiger partial charge in [0.2, 0.25) is 0 Å². The number of ketones is 1. The van der Waals surface area contributed by atoms with Crippen molar-refractivity contribution >= 4 is 11.8 Å². The summed E-state index contributed by atoms with van der Waals surface area (Å²) >= 11 is 0. The maximum absolute atomic E-state index is 12.1. The quantitative estimate of drug-likeness (QED) is 0.582. The first kappa shape index (κ1) is 15.9. The predicted octanol–water partition coefficient (Wildman–Crippen LogP) is 3.02. The average Bonchev–Trinajstić information content (AvgIpc) is 3.01. The summed E-state index contributed by atoms with van der Waals surface area (Å²) in [7, 11) is 0. The molecule has 0 aliphatic heterocycles. The first-order valence-electron chi connectivity index (χ1n) is 7.33. The third-order valence-corrected chi connectivity index (χ3v) is 3.48. The summed E-state index contributed by atoms with van der Waals surface area (Å²) in [6.45, 7) is 3.77. The van der Waals surface area contributed by atoms with Crippen LogP contribution in [-0.2, 0) is 9.53 Å². The lowest BCUT2D eigenvalue weighted by Crippen LogP contribution is -2.16. The van der Waals surface area contributed by atoms with E-state index in [0.29, 0.717) is 18.5 Å². The van der Waals surface area contributed by atoms with Crippen LogP contribution in [0.5, 0.6) is 0 Å². The maximum Gasteiger partial charge on any atom is 0.356 e. The lowest BCUT2D eigenvalue weighted by molar-refractivity contribution is -0.117. The van der Waals surface area contributed by atoms with Gasteiger partial charge in [-0.1, -0.05) is 30.3 Å². The van der Waals surface area contributed by atoms with Crippen LogP contribution in [0.15, 0.2) is 42.9 Å². The van der Waals surface area contributed by atoms with Crippen molar-refractivity contribution in [3.8, 4) is 0 Å². The van der Waals surface area contributed by atoms with E-state index >= 15 is 0 Å². The molecule has 5 heteroatoms. The van der Waals surface area contributed by atoms with E-state index in [4.69, 9.17) is 4.74 Å². The summed E-state index contributed by atoms with van der Waals surface area (Å²) in [6, 6.07) is 9.88. The Balaban J connectivity index is 2.02.